The number of ether oxygens (including phenoxy) is 2. The predicted molar refractivity (Wildman–Crippen MR) is 111 cm³/mol. The molecule has 8 nitrogen and oxygen atoms in total. The molecule has 0 aliphatic carbocycles. The first-order valence-electron chi connectivity index (χ1n) is 10.4. The highest BCUT2D eigenvalue weighted by Crippen LogP contribution is 2.16. The Labute approximate surface area is 173 Å². The minimum absolute atomic E-state index is 0.0172. The number of quaternary nitrogens is 2. The Morgan fingerprint density at radius 1 is 1.14 bits per heavy atom. The number of nitrogens with zero attached hydrogens (tertiary/aromatic N) is 1. The molecule has 1 atom stereocenters. The summed E-state index contributed by atoms with van der Waals surface area (Å²) >= 11 is 0. The number of nitrogens with one attached hydrogen (secondary N) is 3. The fraction of sp³-hybridized carbons (Fsp3) is 0.619. The summed E-state index contributed by atoms with van der Waals surface area (Å²) in [6, 6.07) is 7.71. The third kappa shape index (κ3) is 8.29. The van der Waals surface area contributed by atoms with E-state index in [9.17, 15) is 9.59 Å². The van der Waals surface area contributed by atoms with Gasteiger partial charge in [0.1, 0.15) is 24.7 Å². The summed E-state index contributed by atoms with van der Waals surface area (Å²) in [6.07, 6.45) is 0. The van der Waals surface area contributed by atoms with E-state index in [1.54, 1.807) is 7.11 Å². The van der Waals surface area contributed by atoms with Gasteiger partial charge in [-0.25, -0.2) is 0 Å². The Morgan fingerprint density at radius 2 is 1.76 bits per heavy atom. The van der Waals surface area contributed by atoms with Crippen LogP contribution in [0.4, 0.5) is 0 Å². The second kappa shape index (κ2) is 11.6. The summed E-state index contributed by atoms with van der Waals surface area (Å²) in [5.41, 5.74) is 0. The summed E-state index contributed by atoms with van der Waals surface area (Å²) < 4.78 is 10.9. The van der Waals surface area contributed by atoms with Crippen molar-refractivity contribution in [2.24, 2.45) is 0 Å². The van der Waals surface area contributed by atoms with E-state index >= 15 is 0 Å². The van der Waals surface area contributed by atoms with Crippen molar-refractivity contribution >= 4 is 11.8 Å². The second-order valence-corrected chi connectivity index (χ2v) is 7.94. The van der Waals surface area contributed by atoms with E-state index in [0.717, 1.165) is 49.1 Å². The summed E-state index contributed by atoms with van der Waals surface area (Å²) in [5, 5.41) is 2.86. The number of carbonyl (C=O) groups excluding carboxylic acids is 2. The molecule has 1 fully saturated rings. The van der Waals surface area contributed by atoms with Gasteiger partial charge in [0.15, 0.2) is 13.1 Å². The zero-order chi connectivity index (χ0) is 21.2. The highest BCUT2D eigenvalue weighted by atomic mass is 16.5. The monoisotopic (exact) mass is 408 g/mol. The molecular weight excluding hydrogens is 372 g/mol. The molecule has 0 radical (unpaired) electrons. The van der Waals surface area contributed by atoms with Crippen molar-refractivity contribution in [2.45, 2.75) is 19.9 Å². The maximum Gasteiger partial charge on any atom is 0.278 e. The van der Waals surface area contributed by atoms with Crippen LogP contribution in [0.15, 0.2) is 24.3 Å². The van der Waals surface area contributed by atoms with Crippen LogP contribution >= 0.6 is 0 Å². The van der Waals surface area contributed by atoms with Gasteiger partial charge < -0.3 is 29.5 Å². The number of benzene rings is 1. The fourth-order valence-electron chi connectivity index (χ4n) is 3.39. The number of carbonyl (C=O) groups is 2. The predicted octanol–water partition coefficient (Wildman–Crippen LogP) is -2.16. The third-order valence-corrected chi connectivity index (χ3v) is 4.97. The Hall–Kier alpha value is -2.32. The van der Waals surface area contributed by atoms with Crippen LogP contribution in [0.3, 0.4) is 0 Å². The topological polar surface area (TPSA) is 76.8 Å². The number of piperazine rings is 1. The van der Waals surface area contributed by atoms with Crippen molar-refractivity contribution in [3.63, 3.8) is 0 Å². The lowest BCUT2D eigenvalue weighted by Crippen LogP contribution is -3.15. The normalized spacial score (nSPS) is 15.8. The Kier molecular flexibility index (Phi) is 9.21. The van der Waals surface area contributed by atoms with Gasteiger partial charge in [-0.1, -0.05) is 0 Å². The van der Waals surface area contributed by atoms with Crippen LogP contribution in [0.1, 0.15) is 13.8 Å². The first-order valence-corrected chi connectivity index (χ1v) is 10.4. The van der Waals surface area contributed by atoms with Crippen LogP contribution in [0.25, 0.3) is 0 Å². The molecule has 0 spiro atoms. The van der Waals surface area contributed by atoms with Crippen molar-refractivity contribution in [3.8, 4) is 11.5 Å². The second-order valence-electron chi connectivity index (χ2n) is 7.94. The van der Waals surface area contributed by atoms with Gasteiger partial charge in [0.2, 0.25) is 0 Å². The molecule has 0 aromatic heterocycles. The highest BCUT2D eigenvalue weighted by molar-refractivity contribution is 5.79. The van der Waals surface area contributed by atoms with E-state index in [1.165, 1.54) is 4.90 Å². The van der Waals surface area contributed by atoms with Crippen molar-refractivity contribution in [1.29, 1.82) is 0 Å². The lowest BCUT2D eigenvalue weighted by molar-refractivity contribution is -0.904. The van der Waals surface area contributed by atoms with Crippen LogP contribution in [0.5, 0.6) is 11.5 Å². The van der Waals surface area contributed by atoms with E-state index in [2.05, 4.69) is 5.32 Å². The quantitative estimate of drug-likeness (QED) is 0.412. The molecule has 3 N–H and O–H groups in total. The van der Waals surface area contributed by atoms with Crippen molar-refractivity contribution < 1.29 is 28.9 Å². The molecule has 8 heteroatoms. The number of hydrogen-bond acceptors (Lipinski definition) is 4. The smallest absolute Gasteiger partial charge is 0.278 e. The molecule has 1 saturated heterocycles. The molecule has 1 aliphatic heterocycles. The number of hydrogen-bond donors (Lipinski definition) is 3. The molecule has 1 aromatic carbocycles. The maximum atomic E-state index is 12.5. The lowest BCUT2D eigenvalue weighted by atomic mass is 10.3. The Morgan fingerprint density at radius 3 is 2.34 bits per heavy atom. The van der Waals surface area contributed by atoms with E-state index in [1.807, 2.05) is 50.1 Å². The maximum absolute atomic E-state index is 12.5. The molecule has 1 heterocycles. The molecule has 1 unspecified atom stereocenters. The largest absolute Gasteiger partial charge is 0.497 e. The molecule has 2 rings (SSSR count). The zero-order valence-electron chi connectivity index (χ0n) is 18.1. The van der Waals surface area contributed by atoms with Gasteiger partial charge in [-0.05, 0) is 38.1 Å². The molecular formula is C21H36N4O4+2. The highest BCUT2D eigenvalue weighted by Gasteiger charge is 2.26. The summed E-state index contributed by atoms with van der Waals surface area (Å²) in [7, 11) is 3.53. The van der Waals surface area contributed by atoms with Gasteiger partial charge in [0.05, 0.1) is 40.3 Å². The zero-order valence-corrected chi connectivity index (χ0v) is 18.1. The number of rotatable bonds is 10. The Balaban J connectivity index is 1.63. The minimum Gasteiger partial charge on any atom is -0.497 e. The molecule has 0 saturated carbocycles. The first kappa shape index (κ1) is 23.0. The van der Waals surface area contributed by atoms with Crippen molar-refractivity contribution in [1.82, 2.24) is 10.2 Å². The van der Waals surface area contributed by atoms with Crippen LogP contribution in [0, 0.1) is 0 Å². The number of methoxy groups -OCH3 is 1. The lowest BCUT2D eigenvalue weighted by Gasteiger charge is -2.32. The van der Waals surface area contributed by atoms with Gasteiger partial charge >= 0.3 is 0 Å². The van der Waals surface area contributed by atoms with Gasteiger partial charge in [-0.15, -0.1) is 0 Å². The third-order valence-electron chi connectivity index (χ3n) is 4.97. The fourth-order valence-corrected chi connectivity index (χ4v) is 3.39. The number of likely N-dealkylation sites (N-methyl/N-ethyl adjacent to an activating group) is 1. The van der Waals surface area contributed by atoms with Crippen LogP contribution in [-0.4, -0.2) is 89.3 Å². The minimum atomic E-state index is -0.0172. The molecule has 2 amide bonds. The first-order chi connectivity index (χ1) is 13.9. The standard InChI is InChI=1S/C21H34N4O4/c1-17(2)22-20(26)15-23(3)16-21(27)25-11-9-24(10-12-25)13-14-29-19-7-5-18(28-4)6-8-19/h5-8,17H,9-16H2,1-4H3,(H,22,26)/p+2. The van der Waals surface area contributed by atoms with Gasteiger partial charge in [0, 0.05) is 6.04 Å². The van der Waals surface area contributed by atoms with Crippen LogP contribution < -0.4 is 24.6 Å². The van der Waals surface area contributed by atoms with E-state index in [0.29, 0.717) is 19.7 Å². The molecule has 29 heavy (non-hydrogen) atoms. The van der Waals surface area contributed by atoms with E-state index in [4.69, 9.17) is 9.47 Å². The molecule has 1 aliphatic rings. The van der Waals surface area contributed by atoms with Gasteiger partial charge in [-0.3, -0.25) is 9.59 Å². The average Bonchev–Trinajstić information content (AvgIpc) is 2.68. The van der Waals surface area contributed by atoms with E-state index in [-0.39, 0.29) is 17.9 Å². The molecule has 162 valence electrons. The van der Waals surface area contributed by atoms with Crippen molar-refractivity contribution in [3.05, 3.63) is 24.3 Å². The summed E-state index contributed by atoms with van der Waals surface area (Å²) in [5.74, 6) is 1.76. The van der Waals surface area contributed by atoms with Crippen LogP contribution in [0.2, 0.25) is 0 Å². The van der Waals surface area contributed by atoms with Gasteiger partial charge in [-0.2, -0.15) is 0 Å². The van der Waals surface area contributed by atoms with Crippen molar-refractivity contribution in [2.75, 3.05) is 66.6 Å². The van der Waals surface area contributed by atoms with Crippen LogP contribution in [-0.2, 0) is 9.59 Å². The average molecular weight is 409 g/mol. The number of amides is 2. The summed E-state index contributed by atoms with van der Waals surface area (Å²) in [4.78, 5) is 28.6. The van der Waals surface area contributed by atoms with E-state index < -0.39 is 0 Å². The molecule has 1 aromatic rings. The molecule has 0 bridgehead atoms. The SMILES string of the molecule is COc1ccc(OCC[NH+]2CCN(C(=O)C[NH+](C)CC(=O)NC(C)C)CC2)cc1. The Bertz CT molecular complexity index is 643. The summed E-state index contributed by atoms with van der Waals surface area (Å²) in [6.45, 7) is 9.44. The van der Waals surface area contributed by atoms with Gasteiger partial charge in [0.25, 0.3) is 11.8 Å².